The standard InChI is InChI=1S/C19H23ClN4O2/c1-23-12-15(11-21-23)5-6-18(25)22-17-10-19(26)24(13-17)8-7-14-3-2-4-16(20)9-14/h2-4,9,11-12,17H,5-8,10,13H2,1H3,(H,22,25)/t17-/m1/s1. The molecule has 0 unspecified atom stereocenters. The summed E-state index contributed by atoms with van der Waals surface area (Å²) in [4.78, 5) is 26.1. The van der Waals surface area contributed by atoms with E-state index in [0.717, 1.165) is 17.5 Å². The van der Waals surface area contributed by atoms with Crippen LogP contribution in [0.15, 0.2) is 36.7 Å². The Morgan fingerprint density at radius 1 is 1.35 bits per heavy atom. The number of nitrogens with zero attached hydrogens (tertiary/aromatic N) is 3. The Balaban J connectivity index is 1.42. The van der Waals surface area contributed by atoms with Gasteiger partial charge in [0.2, 0.25) is 11.8 Å². The number of rotatable bonds is 7. The highest BCUT2D eigenvalue weighted by molar-refractivity contribution is 6.30. The van der Waals surface area contributed by atoms with Gasteiger partial charge in [0.1, 0.15) is 0 Å². The van der Waals surface area contributed by atoms with Crippen molar-refractivity contribution >= 4 is 23.4 Å². The molecule has 0 spiro atoms. The second-order valence-corrected chi connectivity index (χ2v) is 7.15. The van der Waals surface area contributed by atoms with Gasteiger partial charge in [0.15, 0.2) is 0 Å². The molecular weight excluding hydrogens is 352 g/mol. The molecule has 1 aliphatic heterocycles. The van der Waals surface area contributed by atoms with Gasteiger partial charge in [0.25, 0.3) is 0 Å². The number of aryl methyl sites for hydroxylation is 2. The Labute approximate surface area is 158 Å². The Kier molecular flexibility index (Phi) is 5.93. The molecular formula is C19H23ClN4O2. The Bertz CT molecular complexity index is 789. The van der Waals surface area contributed by atoms with E-state index in [1.54, 1.807) is 10.9 Å². The van der Waals surface area contributed by atoms with E-state index in [9.17, 15) is 9.59 Å². The number of benzene rings is 1. The van der Waals surface area contributed by atoms with Gasteiger partial charge in [-0.3, -0.25) is 14.3 Å². The molecule has 0 aliphatic carbocycles. The predicted molar refractivity (Wildman–Crippen MR) is 99.8 cm³/mol. The average Bonchev–Trinajstić information content (AvgIpc) is 3.16. The fourth-order valence-electron chi connectivity index (χ4n) is 3.20. The summed E-state index contributed by atoms with van der Waals surface area (Å²) < 4.78 is 1.72. The van der Waals surface area contributed by atoms with Gasteiger partial charge in [-0.05, 0) is 36.1 Å². The lowest BCUT2D eigenvalue weighted by Gasteiger charge is -2.17. The van der Waals surface area contributed by atoms with Crippen LogP contribution in [0.4, 0.5) is 0 Å². The second kappa shape index (κ2) is 8.36. The van der Waals surface area contributed by atoms with Crippen LogP contribution < -0.4 is 5.32 Å². The quantitative estimate of drug-likeness (QED) is 0.805. The number of amides is 2. The van der Waals surface area contributed by atoms with E-state index in [4.69, 9.17) is 11.6 Å². The van der Waals surface area contributed by atoms with Crippen LogP contribution in [0.25, 0.3) is 0 Å². The maximum absolute atomic E-state index is 12.2. The van der Waals surface area contributed by atoms with E-state index in [-0.39, 0.29) is 17.9 Å². The van der Waals surface area contributed by atoms with Crippen LogP contribution in [0, 0.1) is 0 Å². The van der Waals surface area contributed by atoms with Crippen LogP contribution >= 0.6 is 11.6 Å². The topological polar surface area (TPSA) is 67.2 Å². The smallest absolute Gasteiger partial charge is 0.224 e. The van der Waals surface area contributed by atoms with Crippen molar-refractivity contribution in [2.24, 2.45) is 7.05 Å². The van der Waals surface area contributed by atoms with Crippen LogP contribution in [-0.2, 0) is 29.5 Å². The zero-order chi connectivity index (χ0) is 18.5. The summed E-state index contributed by atoms with van der Waals surface area (Å²) in [5.41, 5.74) is 2.14. The highest BCUT2D eigenvalue weighted by Crippen LogP contribution is 2.15. The third-order valence-electron chi connectivity index (χ3n) is 4.54. The van der Waals surface area contributed by atoms with Gasteiger partial charge in [-0.2, -0.15) is 5.10 Å². The van der Waals surface area contributed by atoms with E-state index < -0.39 is 0 Å². The molecule has 2 amide bonds. The van der Waals surface area contributed by atoms with E-state index in [2.05, 4.69) is 10.4 Å². The molecule has 6 nitrogen and oxygen atoms in total. The molecule has 7 heteroatoms. The molecule has 1 aromatic carbocycles. The zero-order valence-corrected chi connectivity index (χ0v) is 15.6. The molecule has 0 saturated carbocycles. The highest BCUT2D eigenvalue weighted by Gasteiger charge is 2.30. The third kappa shape index (κ3) is 5.08. The summed E-state index contributed by atoms with van der Waals surface area (Å²) in [6.07, 6.45) is 5.85. The van der Waals surface area contributed by atoms with E-state index in [1.807, 2.05) is 42.4 Å². The van der Waals surface area contributed by atoms with Crippen molar-refractivity contribution in [2.45, 2.75) is 31.7 Å². The Morgan fingerprint density at radius 3 is 2.92 bits per heavy atom. The Morgan fingerprint density at radius 2 is 2.19 bits per heavy atom. The minimum Gasteiger partial charge on any atom is -0.351 e. The first kappa shape index (κ1) is 18.5. The van der Waals surface area contributed by atoms with Crippen molar-refractivity contribution in [3.63, 3.8) is 0 Å². The molecule has 1 fully saturated rings. The van der Waals surface area contributed by atoms with Crippen molar-refractivity contribution in [2.75, 3.05) is 13.1 Å². The summed E-state index contributed by atoms with van der Waals surface area (Å²) in [7, 11) is 1.85. The molecule has 2 heterocycles. The molecule has 0 radical (unpaired) electrons. The summed E-state index contributed by atoms with van der Waals surface area (Å²) in [5, 5.41) is 7.77. The van der Waals surface area contributed by atoms with Gasteiger partial charge >= 0.3 is 0 Å². The first-order valence-corrected chi connectivity index (χ1v) is 9.16. The van der Waals surface area contributed by atoms with Crippen molar-refractivity contribution in [3.8, 4) is 0 Å². The van der Waals surface area contributed by atoms with Crippen LogP contribution in [0.3, 0.4) is 0 Å². The van der Waals surface area contributed by atoms with Gasteiger partial charge in [-0.15, -0.1) is 0 Å². The first-order chi connectivity index (χ1) is 12.5. The number of aromatic nitrogens is 2. The molecule has 0 bridgehead atoms. The lowest BCUT2D eigenvalue weighted by Crippen LogP contribution is -2.37. The minimum atomic E-state index is -0.108. The van der Waals surface area contributed by atoms with E-state index >= 15 is 0 Å². The molecule has 138 valence electrons. The van der Waals surface area contributed by atoms with Gasteiger partial charge in [0.05, 0.1) is 12.2 Å². The van der Waals surface area contributed by atoms with Gasteiger partial charge in [-0.25, -0.2) is 0 Å². The normalized spacial score (nSPS) is 16.9. The van der Waals surface area contributed by atoms with Crippen molar-refractivity contribution in [1.82, 2.24) is 20.0 Å². The van der Waals surface area contributed by atoms with Gasteiger partial charge in [0, 0.05) is 44.2 Å². The van der Waals surface area contributed by atoms with Crippen molar-refractivity contribution in [3.05, 3.63) is 52.8 Å². The summed E-state index contributed by atoms with van der Waals surface area (Å²) >= 11 is 5.99. The predicted octanol–water partition coefficient (Wildman–Crippen LogP) is 1.97. The van der Waals surface area contributed by atoms with Gasteiger partial charge < -0.3 is 10.2 Å². The van der Waals surface area contributed by atoms with Crippen LogP contribution in [0.5, 0.6) is 0 Å². The van der Waals surface area contributed by atoms with Crippen LogP contribution in [0.1, 0.15) is 24.0 Å². The lowest BCUT2D eigenvalue weighted by atomic mass is 10.1. The third-order valence-corrected chi connectivity index (χ3v) is 4.77. The molecule has 3 rings (SSSR count). The molecule has 26 heavy (non-hydrogen) atoms. The van der Waals surface area contributed by atoms with Crippen molar-refractivity contribution in [1.29, 1.82) is 0 Å². The van der Waals surface area contributed by atoms with Crippen LogP contribution in [0.2, 0.25) is 5.02 Å². The minimum absolute atomic E-state index is 0.0247. The summed E-state index contributed by atoms with van der Waals surface area (Å²) in [6.45, 7) is 1.21. The molecule has 1 aromatic heterocycles. The second-order valence-electron chi connectivity index (χ2n) is 6.71. The first-order valence-electron chi connectivity index (χ1n) is 8.79. The molecule has 1 saturated heterocycles. The fraction of sp³-hybridized carbons (Fsp3) is 0.421. The maximum Gasteiger partial charge on any atom is 0.224 e. The SMILES string of the molecule is Cn1cc(CCC(=O)N[C@@H]2CC(=O)N(CCc3cccc(Cl)c3)C2)cn1. The monoisotopic (exact) mass is 374 g/mol. The molecule has 1 atom stereocenters. The average molecular weight is 375 g/mol. The summed E-state index contributed by atoms with van der Waals surface area (Å²) in [5.74, 6) is 0.0629. The van der Waals surface area contributed by atoms with Crippen molar-refractivity contribution < 1.29 is 9.59 Å². The molecule has 2 aromatic rings. The number of carbonyl (C=O) groups is 2. The molecule has 1 N–H and O–H groups in total. The number of hydrogen-bond acceptors (Lipinski definition) is 3. The fourth-order valence-corrected chi connectivity index (χ4v) is 3.41. The largest absolute Gasteiger partial charge is 0.351 e. The van der Waals surface area contributed by atoms with E-state index in [0.29, 0.717) is 37.4 Å². The summed E-state index contributed by atoms with van der Waals surface area (Å²) in [6, 6.07) is 7.56. The van der Waals surface area contributed by atoms with Crippen LogP contribution in [-0.4, -0.2) is 45.6 Å². The zero-order valence-electron chi connectivity index (χ0n) is 14.8. The number of carbonyl (C=O) groups excluding carboxylic acids is 2. The lowest BCUT2D eigenvalue weighted by molar-refractivity contribution is -0.127. The van der Waals surface area contributed by atoms with E-state index in [1.165, 1.54) is 0 Å². The van der Waals surface area contributed by atoms with Gasteiger partial charge in [-0.1, -0.05) is 23.7 Å². The number of nitrogens with one attached hydrogen (secondary N) is 1. The highest BCUT2D eigenvalue weighted by atomic mass is 35.5. The number of likely N-dealkylation sites (tertiary alicyclic amines) is 1. The maximum atomic E-state index is 12.2. The number of hydrogen-bond donors (Lipinski definition) is 1. The Hall–Kier alpha value is -2.34. The molecule has 1 aliphatic rings. The number of halogens is 1.